The fraction of sp³-hybridized carbons (Fsp3) is 0.394. The second-order valence-corrected chi connectivity index (χ2v) is 13.1. The summed E-state index contributed by atoms with van der Waals surface area (Å²) in [5.74, 6) is -3.48. The van der Waals surface area contributed by atoms with Crippen molar-refractivity contribution in [2.24, 2.45) is 29.1 Å². The molecule has 0 unspecified atom stereocenters. The summed E-state index contributed by atoms with van der Waals surface area (Å²) in [5.41, 5.74) is 1.77. The van der Waals surface area contributed by atoms with E-state index in [1.54, 1.807) is 38.1 Å². The van der Waals surface area contributed by atoms with E-state index in [9.17, 15) is 24.3 Å². The van der Waals surface area contributed by atoms with Crippen LogP contribution in [-0.2, 0) is 19.2 Å². The number of hydrogen-bond acceptors (Lipinski definition) is 7. The first-order valence-electron chi connectivity index (χ1n) is 14.0. The largest absolute Gasteiger partial charge is 0.502 e. The highest BCUT2D eigenvalue weighted by Crippen LogP contribution is 2.63. The second kappa shape index (κ2) is 10.1. The molecular weight excluding hydrogens is 649 g/mol. The highest BCUT2D eigenvalue weighted by atomic mass is 127. The Kier molecular flexibility index (Phi) is 6.87. The molecule has 2 fully saturated rings. The highest BCUT2D eigenvalue weighted by molar-refractivity contribution is 14.1. The van der Waals surface area contributed by atoms with Crippen LogP contribution in [0.2, 0.25) is 0 Å². The lowest BCUT2D eigenvalue weighted by molar-refractivity contribution is -0.142. The Morgan fingerprint density at radius 1 is 0.929 bits per heavy atom. The molecule has 0 aromatic heterocycles. The molecule has 8 nitrogen and oxygen atoms in total. The fourth-order valence-electron chi connectivity index (χ4n) is 7.88. The number of carbonyl (C=O) groups is 4. The Balaban J connectivity index is 1.54. The zero-order chi connectivity index (χ0) is 30.2. The first-order valence-corrected chi connectivity index (χ1v) is 15.1. The van der Waals surface area contributed by atoms with Gasteiger partial charge in [0, 0.05) is 15.4 Å². The molecule has 3 aliphatic carbocycles. The number of fused-ring (bicyclic) bond motifs is 4. The van der Waals surface area contributed by atoms with Crippen LogP contribution >= 0.6 is 22.6 Å². The Morgan fingerprint density at radius 3 is 2.14 bits per heavy atom. The highest BCUT2D eigenvalue weighted by Gasteiger charge is 2.64. The van der Waals surface area contributed by atoms with Crippen molar-refractivity contribution in [2.45, 2.75) is 39.5 Å². The number of phenolic OH excluding ortho intramolecular Hbond substituents is 1. The van der Waals surface area contributed by atoms with Gasteiger partial charge in [-0.1, -0.05) is 18.6 Å². The summed E-state index contributed by atoms with van der Waals surface area (Å²) in [6.45, 7) is 5.23. The molecule has 1 N–H and O–H groups in total. The van der Waals surface area contributed by atoms with Crippen LogP contribution in [0.1, 0.15) is 45.1 Å². The normalized spacial score (nSPS) is 30.6. The van der Waals surface area contributed by atoms with E-state index in [1.807, 2.05) is 25.1 Å². The molecule has 1 saturated carbocycles. The van der Waals surface area contributed by atoms with Gasteiger partial charge in [-0.3, -0.25) is 24.1 Å². The van der Waals surface area contributed by atoms with Crippen LogP contribution in [0.25, 0.3) is 0 Å². The van der Waals surface area contributed by atoms with Gasteiger partial charge in [0.2, 0.25) is 17.6 Å². The first-order chi connectivity index (χ1) is 19.9. The molecule has 4 aliphatic rings. The van der Waals surface area contributed by atoms with E-state index in [1.165, 1.54) is 19.1 Å². The number of anilines is 1. The third kappa shape index (κ3) is 3.84. The number of rotatable bonds is 4. The zero-order valence-corrected chi connectivity index (χ0v) is 26.2. The van der Waals surface area contributed by atoms with E-state index < -0.39 is 35.0 Å². The topological polar surface area (TPSA) is 110 Å². The summed E-state index contributed by atoms with van der Waals surface area (Å²) in [6, 6.07) is 10.6. The van der Waals surface area contributed by atoms with Crippen molar-refractivity contribution in [3.8, 4) is 17.2 Å². The summed E-state index contributed by atoms with van der Waals surface area (Å²) in [5, 5.41) is 10.7. The van der Waals surface area contributed by atoms with Crippen molar-refractivity contribution in [3.05, 3.63) is 68.3 Å². The number of benzene rings is 2. The van der Waals surface area contributed by atoms with Gasteiger partial charge in [0.1, 0.15) is 0 Å². The second-order valence-electron chi connectivity index (χ2n) is 11.9. The summed E-state index contributed by atoms with van der Waals surface area (Å²) >= 11 is 2.18. The summed E-state index contributed by atoms with van der Waals surface area (Å²) < 4.78 is 11.9. The van der Waals surface area contributed by atoms with Crippen LogP contribution in [0.5, 0.6) is 17.2 Å². The predicted molar refractivity (Wildman–Crippen MR) is 163 cm³/mol. The molecular formula is C33H32INO7. The van der Waals surface area contributed by atoms with Crippen LogP contribution in [0, 0.1) is 32.7 Å². The lowest BCUT2D eigenvalue weighted by Gasteiger charge is -2.54. The van der Waals surface area contributed by atoms with Gasteiger partial charge in [0.05, 0.1) is 37.2 Å². The number of nitrogens with zero attached hydrogens (tertiary/aromatic N) is 1. The maximum absolute atomic E-state index is 14.2. The van der Waals surface area contributed by atoms with Crippen molar-refractivity contribution in [2.75, 3.05) is 19.1 Å². The van der Waals surface area contributed by atoms with Gasteiger partial charge < -0.3 is 14.6 Å². The molecule has 6 rings (SSSR count). The van der Waals surface area contributed by atoms with Gasteiger partial charge in [0.25, 0.3) is 0 Å². The number of methoxy groups -OCH3 is 2. The minimum atomic E-state index is -1.15. The van der Waals surface area contributed by atoms with Crippen LogP contribution in [0.3, 0.4) is 0 Å². The number of aromatic hydroxyl groups is 1. The number of imide groups is 1. The average molecular weight is 682 g/mol. The van der Waals surface area contributed by atoms with Gasteiger partial charge in [-0.15, -0.1) is 0 Å². The predicted octanol–water partition coefficient (Wildman–Crippen LogP) is 5.36. The maximum atomic E-state index is 14.2. The summed E-state index contributed by atoms with van der Waals surface area (Å²) in [4.78, 5) is 57.3. The number of phenols is 1. The van der Waals surface area contributed by atoms with E-state index in [4.69, 9.17) is 9.47 Å². The van der Waals surface area contributed by atoms with Gasteiger partial charge in [-0.25, -0.2) is 0 Å². The monoisotopic (exact) mass is 681 g/mol. The van der Waals surface area contributed by atoms with E-state index >= 15 is 0 Å². The van der Waals surface area contributed by atoms with Crippen LogP contribution in [-0.4, -0.2) is 42.7 Å². The van der Waals surface area contributed by atoms with Crippen LogP contribution in [0.4, 0.5) is 5.69 Å². The SMILES string of the molecule is COc1cc([C@H]2C3=CC[C@@H]4C(=O)N(c5ccc(I)cc5)C(=O)[C@@H]4[C@@H]3C[C@H]3C(=O)C(C)=C(C)C(=O)[C@@]23C)cc(OC)c1O. The molecule has 0 bridgehead atoms. The molecule has 0 spiro atoms. The molecule has 1 aliphatic heterocycles. The number of Topliss-reactive ketones (excluding diaryl/α,β-unsaturated/α-hetero) is 2. The Morgan fingerprint density at radius 2 is 1.55 bits per heavy atom. The number of amides is 2. The van der Waals surface area contributed by atoms with Crippen molar-refractivity contribution in [3.63, 3.8) is 0 Å². The molecule has 9 heteroatoms. The van der Waals surface area contributed by atoms with Gasteiger partial charge in [0.15, 0.2) is 23.1 Å². The quantitative estimate of drug-likeness (QED) is 0.263. The van der Waals surface area contributed by atoms with E-state index in [0.717, 1.165) is 9.14 Å². The Bertz CT molecular complexity index is 1600. The van der Waals surface area contributed by atoms with Gasteiger partial charge in [-0.2, -0.15) is 0 Å². The standard InChI is InChI=1S/C33H32INO7/c1-15-16(2)30(38)33(3)23(28(15)36)14-22-20(27(33)17-12-24(41-4)29(37)25(13-17)42-5)10-11-21-26(22)32(40)35(31(21)39)19-8-6-18(34)7-9-19/h6-10,12-13,21-23,26-27,37H,11,14H2,1-5H3/t21-,22+,23-,26-,27-,33+/m0/s1. The third-order valence-electron chi connectivity index (χ3n) is 10.1. The lowest BCUT2D eigenvalue weighted by atomic mass is 9.46. The van der Waals surface area contributed by atoms with Crippen molar-refractivity contribution in [1.29, 1.82) is 0 Å². The third-order valence-corrected chi connectivity index (χ3v) is 10.8. The number of halogens is 1. The van der Waals surface area contributed by atoms with E-state index in [-0.39, 0.29) is 40.6 Å². The maximum Gasteiger partial charge on any atom is 0.238 e. The summed E-state index contributed by atoms with van der Waals surface area (Å²) in [6.07, 6.45) is 2.65. The minimum absolute atomic E-state index is 0.107. The lowest BCUT2D eigenvalue weighted by Crippen LogP contribution is -2.55. The zero-order valence-electron chi connectivity index (χ0n) is 24.1. The minimum Gasteiger partial charge on any atom is -0.502 e. The molecule has 0 radical (unpaired) electrons. The van der Waals surface area contributed by atoms with Crippen LogP contribution < -0.4 is 14.4 Å². The van der Waals surface area contributed by atoms with E-state index in [0.29, 0.717) is 35.2 Å². The molecule has 218 valence electrons. The number of ketones is 2. The van der Waals surface area contributed by atoms with Crippen molar-refractivity contribution < 1.29 is 33.8 Å². The Hall–Kier alpha value is -3.47. The average Bonchev–Trinajstić information content (AvgIpc) is 3.24. The number of ether oxygens (including phenoxy) is 2. The van der Waals surface area contributed by atoms with E-state index in [2.05, 4.69) is 22.6 Å². The smallest absolute Gasteiger partial charge is 0.238 e. The molecule has 2 aromatic rings. The van der Waals surface area contributed by atoms with Crippen molar-refractivity contribution in [1.82, 2.24) is 0 Å². The molecule has 42 heavy (non-hydrogen) atoms. The molecule has 1 heterocycles. The van der Waals surface area contributed by atoms with Gasteiger partial charge in [-0.05, 0) is 108 Å². The van der Waals surface area contributed by atoms with Crippen LogP contribution in [0.15, 0.2) is 59.2 Å². The first kappa shape index (κ1) is 28.6. The molecule has 6 atom stereocenters. The number of allylic oxidation sites excluding steroid dienone is 4. The fourth-order valence-corrected chi connectivity index (χ4v) is 8.24. The molecule has 1 saturated heterocycles. The molecule has 2 amide bonds. The Labute approximate surface area is 257 Å². The number of carbonyl (C=O) groups excluding carboxylic acids is 4. The van der Waals surface area contributed by atoms with Crippen molar-refractivity contribution >= 4 is 51.7 Å². The number of hydrogen-bond donors (Lipinski definition) is 1. The summed E-state index contributed by atoms with van der Waals surface area (Å²) in [7, 11) is 2.87. The van der Waals surface area contributed by atoms with Gasteiger partial charge >= 0.3 is 0 Å². The molecule has 2 aromatic carbocycles.